The molecule has 17 heavy (non-hydrogen) atoms. The van der Waals surface area contributed by atoms with Crippen molar-refractivity contribution in [3.05, 3.63) is 29.8 Å². The first kappa shape index (κ1) is 12.4. The molecule has 0 radical (unpaired) electrons. The topological polar surface area (TPSA) is 29.5 Å². The van der Waals surface area contributed by atoms with Crippen molar-refractivity contribution in [3.8, 4) is 5.75 Å². The molecule has 1 unspecified atom stereocenters. The zero-order valence-electron chi connectivity index (χ0n) is 10.7. The highest BCUT2D eigenvalue weighted by Gasteiger charge is 2.27. The van der Waals surface area contributed by atoms with Gasteiger partial charge in [-0.15, -0.1) is 0 Å². The molecule has 2 nitrogen and oxygen atoms in total. The quantitative estimate of drug-likeness (QED) is 0.869. The lowest BCUT2D eigenvalue weighted by molar-refractivity contribution is 0.115. The highest BCUT2D eigenvalue weighted by molar-refractivity contribution is 5.37. The average molecular weight is 234 g/mol. The van der Waals surface area contributed by atoms with Gasteiger partial charge in [0.1, 0.15) is 5.75 Å². The maximum absolute atomic E-state index is 10.3. The van der Waals surface area contributed by atoms with Gasteiger partial charge in [-0.1, -0.05) is 38.5 Å². The van der Waals surface area contributed by atoms with E-state index in [1.807, 2.05) is 18.2 Å². The Kier molecular flexibility index (Phi) is 4.06. The number of hydrogen-bond acceptors (Lipinski definition) is 2. The van der Waals surface area contributed by atoms with E-state index in [9.17, 15) is 5.11 Å². The van der Waals surface area contributed by atoms with E-state index in [4.69, 9.17) is 4.74 Å². The summed E-state index contributed by atoms with van der Waals surface area (Å²) >= 11 is 0. The predicted molar refractivity (Wildman–Crippen MR) is 69.4 cm³/mol. The SMILES string of the molecule is CCC(C)C[C@H]1c2ccccc2OCC[C@H]1O. The van der Waals surface area contributed by atoms with Gasteiger partial charge in [0.05, 0.1) is 12.7 Å². The van der Waals surface area contributed by atoms with E-state index in [0.29, 0.717) is 12.5 Å². The van der Waals surface area contributed by atoms with Crippen LogP contribution in [0.4, 0.5) is 0 Å². The number of aliphatic hydroxyl groups excluding tert-OH is 1. The highest BCUT2D eigenvalue weighted by atomic mass is 16.5. The number of para-hydroxylation sites is 1. The van der Waals surface area contributed by atoms with Crippen molar-refractivity contribution in [2.24, 2.45) is 5.92 Å². The minimum absolute atomic E-state index is 0.226. The third kappa shape index (κ3) is 2.81. The number of hydrogen-bond donors (Lipinski definition) is 1. The van der Waals surface area contributed by atoms with Crippen molar-refractivity contribution in [2.75, 3.05) is 6.61 Å². The smallest absolute Gasteiger partial charge is 0.122 e. The Morgan fingerprint density at radius 2 is 2.18 bits per heavy atom. The molecule has 0 bridgehead atoms. The maximum Gasteiger partial charge on any atom is 0.122 e. The Labute approximate surface area is 104 Å². The summed E-state index contributed by atoms with van der Waals surface area (Å²) in [5.41, 5.74) is 1.18. The van der Waals surface area contributed by atoms with Gasteiger partial charge in [-0.2, -0.15) is 0 Å². The molecule has 0 spiro atoms. The molecule has 2 rings (SSSR count). The lowest BCUT2D eigenvalue weighted by atomic mass is 9.83. The molecule has 1 aromatic rings. The van der Waals surface area contributed by atoms with Crippen LogP contribution < -0.4 is 4.74 Å². The van der Waals surface area contributed by atoms with Crippen molar-refractivity contribution in [3.63, 3.8) is 0 Å². The molecule has 0 aromatic heterocycles. The van der Waals surface area contributed by atoms with Gasteiger partial charge in [-0.3, -0.25) is 0 Å². The van der Waals surface area contributed by atoms with Crippen LogP contribution in [0.5, 0.6) is 5.75 Å². The molecule has 1 heterocycles. The second-order valence-electron chi connectivity index (χ2n) is 5.10. The Morgan fingerprint density at radius 3 is 2.94 bits per heavy atom. The molecule has 1 aromatic carbocycles. The van der Waals surface area contributed by atoms with Gasteiger partial charge in [0.15, 0.2) is 0 Å². The summed E-state index contributed by atoms with van der Waals surface area (Å²) in [6.45, 7) is 5.08. The largest absolute Gasteiger partial charge is 0.493 e. The van der Waals surface area contributed by atoms with E-state index in [0.717, 1.165) is 25.0 Å². The molecule has 1 N–H and O–H groups in total. The van der Waals surface area contributed by atoms with Crippen LogP contribution in [0.15, 0.2) is 24.3 Å². The van der Waals surface area contributed by atoms with Crippen molar-refractivity contribution >= 4 is 0 Å². The van der Waals surface area contributed by atoms with Gasteiger partial charge >= 0.3 is 0 Å². The van der Waals surface area contributed by atoms with Gasteiger partial charge in [0.2, 0.25) is 0 Å². The van der Waals surface area contributed by atoms with Crippen LogP contribution in [-0.2, 0) is 0 Å². The lowest BCUT2D eigenvalue weighted by Gasteiger charge is -2.24. The summed E-state index contributed by atoms with van der Waals surface area (Å²) in [6.07, 6.45) is 2.66. The Hall–Kier alpha value is -1.02. The fraction of sp³-hybridized carbons (Fsp3) is 0.600. The molecule has 0 aliphatic carbocycles. The summed E-state index contributed by atoms with van der Waals surface area (Å²) in [6, 6.07) is 8.13. The predicted octanol–water partition coefficient (Wildman–Crippen LogP) is 3.35. The first-order valence-electron chi connectivity index (χ1n) is 6.62. The van der Waals surface area contributed by atoms with Crippen LogP contribution in [0.25, 0.3) is 0 Å². The zero-order valence-corrected chi connectivity index (χ0v) is 10.7. The number of aliphatic hydroxyl groups is 1. The molecule has 1 aliphatic heterocycles. The van der Waals surface area contributed by atoms with Crippen LogP contribution in [0.3, 0.4) is 0 Å². The molecule has 0 saturated carbocycles. The fourth-order valence-corrected chi connectivity index (χ4v) is 2.50. The monoisotopic (exact) mass is 234 g/mol. The standard InChI is InChI=1S/C15H22O2/c1-3-11(2)10-13-12-6-4-5-7-15(12)17-9-8-14(13)16/h4-7,11,13-14,16H,3,8-10H2,1-2H3/t11?,13-,14+/m0/s1. The van der Waals surface area contributed by atoms with E-state index >= 15 is 0 Å². The van der Waals surface area contributed by atoms with Crippen LogP contribution in [0.1, 0.15) is 44.6 Å². The molecule has 1 aliphatic rings. The third-order valence-electron chi connectivity index (χ3n) is 3.81. The minimum atomic E-state index is -0.271. The average Bonchev–Trinajstić information content (AvgIpc) is 2.50. The summed E-state index contributed by atoms with van der Waals surface area (Å²) in [4.78, 5) is 0. The molecule has 3 atom stereocenters. The maximum atomic E-state index is 10.3. The third-order valence-corrected chi connectivity index (χ3v) is 3.81. The van der Waals surface area contributed by atoms with Crippen LogP contribution in [0.2, 0.25) is 0 Å². The van der Waals surface area contributed by atoms with Crippen molar-refractivity contribution in [1.29, 1.82) is 0 Å². The number of ether oxygens (including phenoxy) is 1. The summed E-state index contributed by atoms with van der Waals surface area (Å²) in [5.74, 6) is 1.82. The van der Waals surface area contributed by atoms with Crippen LogP contribution >= 0.6 is 0 Å². The summed E-state index contributed by atoms with van der Waals surface area (Å²) in [7, 11) is 0. The number of rotatable bonds is 3. The number of fused-ring (bicyclic) bond motifs is 1. The van der Waals surface area contributed by atoms with E-state index in [1.54, 1.807) is 0 Å². The molecule has 94 valence electrons. The minimum Gasteiger partial charge on any atom is -0.493 e. The van der Waals surface area contributed by atoms with Gasteiger partial charge < -0.3 is 9.84 Å². The van der Waals surface area contributed by atoms with E-state index in [-0.39, 0.29) is 12.0 Å². The molecule has 2 heteroatoms. The van der Waals surface area contributed by atoms with Crippen LogP contribution in [-0.4, -0.2) is 17.8 Å². The Morgan fingerprint density at radius 1 is 1.41 bits per heavy atom. The first-order chi connectivity index (χ1) is 8.22. The molecule has 0 saturated heterocycles. The lowest BCUT2D eigenvalue weighted by Crippen LogP contribution is -2.20. The molecule has 0 fully saturated rings. The zero-order chi connectivity index (χ0) is 12.3. The second-order valence-corrected chi connectivity index (χ2v) is 5.10. The second kappa shape index (κ2) is 5.54. The molecular weight excluding hydrogens is 212 g/mol. The van der Waals surface area contributed by atoms with E-state index < -0.39 is 0 Å². The Balaban J connectivity index is 2.27. The van der Waals surface area contributed by atoms with Gasteiger partial charge in [-0.05, 0) is 24.0 Å². The van der Waals surface area contributed by atoms with Crippen LogP contribution in [0, 0.1) is 5.92 Å². The van der Waals surface area contributed by atoms with Crippen molar-refractivity contribution < 1.29 is 9.84 Å². The molecular formula is C15H22O2. The van der Waals surface area contributed by atoms with Crippen molar-refractivity contribution in [1.82, 2.24) is 0 Å². The van der Waals surface area contributed by atoms with Crippen molar-refractivity contribution in [2.45, 2.75) is 45.1 Å². The van der Waals surface area contributed by atoms with E-state index in [2.05, 4.69) is 19.9 Å². The van der Waals surface area contributed by atoms with Gasteiger partial charge in [0, 0.05) is 12.3 Å². The highest BCUT2D eigenvalue weighted by Crippen LogP contribution is 2.37. The summed E-state index contributed by atoms with van der Waals surface area (Å²) < 4.78 is 5.70. The Bertz CT molecular complexity index is 362. The number of benzene rings is 1. The first-order valence-corrected chi connectivity index (χ1v) is 6.62. The fourth-order valence-electron chi connectivity index (χ4n) is 2.50. The van der Waals surface area contributed by atoms with Gasteiger partial charge in [-0.25, -0.2) is 0 Å². The molecule has 0 amide bonds. The summed E-state index contributed by atoms with van der Waals surface area (Å²) in [5, 5.41) is 10.3. The van der Waals surface area contributed by atoms with E-state index in [1.165, 1.54) is 5.56 Å². The van der Waals surface area contributed by atoms with Gasteiger partial charge in [0.25, 0.3) is 0 Å². The normalized spacial score (nSPS) is 25.6.